The molecule has 0 heterocycles. The van der Waals surface area contributed by atoms with Crippen molar-refractivity contribution in [3.63, 3.8) is 0 Å². The predicted molar refractivity (Wildman–Crippen MR) is 92.1 cm³/mol. The molecular weight excluding hydrogens is 290 g/mol. The zero-order valence-corrected chi connectivity index (χ0v) is 14.0. The van der Waals surface area contributed by atoms with E-state index in [1.54, 1.807) is 0 Å². The molecule has 1 saturated carbocycles. The first-order chi connectivity index (χ1) is 11.0. The summed E-state index contributed by atoms with van der Waals surface area (Å²) in [6.07, 6.45) is 4.97. The Hall–Kier alpha value is -2.04. The Labute approximate surface area is 138 Å². The van der Waals surface area contributed by atoms with Crippen LogP contribution in [0.5, 0.6) is 0 Å². The second-order valence-corrected chi connectivity index (χ2v) is 6.57. The van der Waals surface area contributed by atoms with Crippen LogP contribution in [0.3, 0.4) is 0 Å². The zero-order valence-electron chi connectivity index (χ0n) is 14.0. The lowest BCUT2D eigenvalue weighted by atomic mass is 9.83. The minimum absolute atomic E-state index is 0.0904. The fourth-order valence-electron chi connectivity index (χ4n) is 2.92. The summed E-state index contributed by atoms with van der Waals surface area (Å²) in [5.41, 5.74) is 1.76. The summed E-state index contributed by atoms with van der Waals surface area (Å²) in [4.78, 5) is 22.8. The van der Waals surface area contributed by atoms with Gasteiger partial charge in [-0.2, -0.15) is 0 Å². The highest BCUT2D eigenvalue weighted by atomic mass is 16.2. The molecule has 0 spiro atoms. The SMILES string of the molecule is CC(=O)Nc1ccc(CNC(=O)NCC2CCC(C)CC2)cc1. The lowest BCUT2D eigenvalue weighted by Gasteiger charge is -2.26. The largest absolute Gasteiger partial charge is 0.338 e. The first-order valence-electron chi connectivity index (χ1n) is 8.41. The highest BCUT2D eigenvalue weighted by molar-refractivity contribution is 5.88. The maximum Gasteiger partial charge on any atom is 0.315 e. The van der Waals surface area contributed by atoms with E-state index < -0.39 is 0 Å². The fraction of sp³-hybridized carbons (Fsp3) is 0.556. The molecular formula is C18H27N3O2. The van der Waals surface area contributed by atoms with Crippen molar-refractivity contribution in [2.75, 3.05) is 11.9 Å². The number of carbonyl (C=O) groups is 2. The Kier molecular flexibility index (Phi) is 6.44. The van der Waals surface area contributed by atoms with Crippen LogP contribution in [0.1, 0.15) is 45.1 Å². The molecule has 5 heteroatoms. The number of hydrogen-bond donors (Lipinski definition) is 3. The standard InChI is InChI=1S/C18H27N3O2/c1-13-3-5-15(6-4-13)11-19-18(23)20-12-16-7-9-17(10-8-16)21-14(2)22/h7-10,13,15H,3-6,11-12H2,1-2H3,(H,21,22)(H2,19,20,23). The summed E-state index contributed by atoms with van der Waals surface area (Å²) >= 11 is 0. The van der Waals surface area contributed by atoms with Gasteiger partial charge < -0.3 is 16.0 Å². The minimum Gasteiger partial charge on any atom is -0.338 e. The van der Waals surface area contributed by atoms with Crippen molar-refractivity contribution >= 4 is 17.6 Å². The zero-order chi connectivity index (χ0) is 16.7. The van der Waals surface area contributed by atoms with Crippen LogP contribution in [0.2, 0.25) is 0 Å². The van der Waals surface area contributed by atoms with Crippen LogP contribution in [0, 0.1) is 11.8 Å². The van der Waals surface area contributed by atoms with E-state index in [9.17, 15) is 9.59 Å². The van der Waals surface area contributed by atoms with Gasteiger partial charge in [0, 0.05) is 25.7 Å². The van der Waals surface area contributed by atoms with Gasteiger partial charge in [-0.25, -0.2) is 4.79 Å². The lowest BCUT2D eigenvalue weighted by molar-refractivity contribution is -0.114. The fourth-order valence-corrected chi connectivity index (χ4v) is 2.92. The quantitative estimate of drug-likeness (QED) is 0.780. The minimum atomic E-state index is -0.116. The molecule has 0 radical (unpaired) electrons. The van der Waals surface area contributed by atoms with Gasteiger partial charge in [-0.15, -0.1) is 0 Å². The first kappa shape index (κ1) is 17.3. The molecule has 1 aliphatic carbocycles. The smallest absolute Gasteiger partial charge is 0.315 e. The van der Waals surface area contributed by atoms with Gasteiger partial charge in [0.2, 0.25) is 5.91 Å². The number of anilines is 1. The Morgan fingerprint density at radius 3 is 2.30 bits per heavy atom. The molecule has 5 nitrogen and oxygen atoms in total. The van der Waals surface area contributed by atoms with Crippen molar-refractivity contribution in [3.05, 3.63) is 29.8 Å². The summed E-state index contributed by atoms with van der Waals surface area (Å²) in [6, 6.07) is 7.34. The first-order valence-corrected chi connectivity index (χ1v) is 8.41. The molecule has 3 amide bonds. The Morgan fingerprint density at radius 1 is 1.04 bits per heavy atom. The summed E-state index contributed by atoms with van der Waals surface area (Å²) in [5.74, 6) is 1.36. The highest BCUT2D eigenvalue weighted by Crippen LogP contribution is 2.27. The lowest BCUT2D eigenvalue weighted by Crippen LogP contribution is -2.38. The summed E-state index contributed by atoms with van der Waals surface area (Å²) in [6.45, 7) is 5.02. The number of nitrogens with one attached hydrogen (secondary N) is 3. The van der Waals surface area contributed by atoms with Gasteiger partial charge in [-0.05, 0) is 42.4 Å². The molecule has 0 aliphatic heterocycles. The molecule has 23 heavy (non-hydrogen) atoms. The molecule has 0 atom stereocenters. The van der Waals surface area contributed by atoms with E-state index in [1.165, 1.54) is 32.6 Å². The van der Waals surface area contributed by atoms with Crippen molar-refractivity contribution in [2.45, 2.75) is 46.1 Å². The van der Waals surface area contributed by atoms with Crippen molar-refractivity contribution in [1.29, 1.82) is 0 Å². The van der Waals surface area contributed by atoms with E-state index in [-0.39, 0.29) is 11.9 Å². The van der Waals surface area contributed by atoms with Crippen LogP contribution in [0.4, 0.5) is 10.5 Å². The van der Waals surface area contributed by atoms with E-state index in [0.717, 1.165) is 23.7 Å². The molecule has 3 N–H and O–H groups in total. The number of benzene rings is 1. The maximum absolute atomic E-state index is 11.9. The topological polar surface area (TPSA) is 70.2 Å². The van der Waals surface area contributed by atoms with E-state index in [2.05, 4.69) is 22.9 Å². The van der Waals surface area contributed by atoms with Crippen molar-refractivity contribution < 1.29 is 9.59 Å². The van der Waals surface area contributed by atoms with Gasteiger partial charge in [0.05, 0.1) is 0 Å². The van der Waals surface area contributed by atoms with E-state index in [1.807, 2.05) is 24.3 Å². The van der Waals surface area contributed by atoms with Gasteiger partial charge in [0.25, 0.3) is 0 Å². The van der Waals surface area contributed by atoms with Gasteiger partial charge in [-0.1, -0.05) is 31.9 Å². The van der Waals surface area contributed by atoms with Crippen molar-refractivity contribution in [2.24, 2.45) is 11.8 Å². The highest BCUT2D eigenvalue weighted by Gasteiger charge is 2.18. The summed E-state index contributed by atoms with van der Waals surface area (Å²) in [5, 5.41) is 8.56. The van der Waals surface area contributed by atoms with E-state index in [4.69, 9.17) is 0 Å². The normalized spacial score (nSPS) is 20.6. The van der Waals surface area contributed by atoms with Crippen LogP contribution in [0.15, 0.2) is 24.3 Å². The van der Waals surface area contributed by atoms with E-state index >= 15 is 0 Å². The second-order valence-electron chi connectivity index (χ2n) is 6.57. The monoisotopic (exact) mass is 317 g/mol. The van der Waals surface area contributed by atoms with E-state index in [0.29, 0.717) is 12.5 Å². The second kappa shape index (κ2) is 8.56. The third-order valence-corrected chi connectivity index (χ3v) is 4.41. The Bertz CT molecular complexity index is 520. The number of urea groups is 1. The number of rotatable bonds is 5. The molecule has 0 aromatic heterocycles. The molecule has 2 rings (SSSR count). The molecule has 1 aromatic rings. The average Bonchev–Trinajstić information content (AvgIpc) is 2.53. The van der Waals surface area contributed by atoms with Gasteiger partial charge >= 0.3 is 6.03 Å². The van der Waals surface area contributed by atoms with Gasteiger partial charge in [0.15, 0.2) is 0 Å². The maximum atomic E-state index is 11.9. The average molecular weight is 317 g/mol. The molecule has 126 valence electrons. The molecule has 1 aliphatic rings. The number of hydrogen-bond acceptors (Lipinski definition) is 2. The third-order valence-electron chi connectivity index (χ3n) is 4.41. The molecule has 1 aromatic carbocycles. The van der Waals surface area contributed by atoms with Crippen molar-refractivity contribution in [1.82, 2.24) is 10.6 Å². The summed E-state index contributed by atoms with van der Waals surface area (Å²) in [7, 11) is 0. The molecule has 1 fully saturated rings. The number of carbonyl (C=O) groups excluding carboxylic acids is 2. The third kappa shape index (κ3) is 6.30. The van der Waals surface area contributed by atoms with Crippen LogP contribution < -0.4 is 16.0 Å². The van der Waals surface area contributed by atoms with Crippen LogP contribution >= 0.6 is 0 Å². The van der Waals surface area contributed by atoms with Crippen LogP contribution in [-0.4, -0.2) is 18.5 Å². The Morgan fingerprint density at radius 2 is 1.70 bits per heavy atom. The predicted octanol–water partition coefficient (Wildman–Crippen LogP) is 3.27. The van der Waals surface area contributed by atoms with Crippen LogP contribution in [0.25, 0.3) is 0 Å². The molecule has 0 unspecified atom stereocenters. The van der Waals surface area contributed by atoms with Gasteiger partial charge in [-0.3, -0.25) is 4.79 Å². The molecule has 0 bridgehead atoms. The van der Waals surface area contributed by atoms with Gasteiger partial charge in [0.1, 0.15) is 0 Å². The van der Waals surface area contributed by atoms with Crippen LogP contribution in [-0.2, 0) is 11.3 Å². The van der Waals surface area contributed by atoms with Crippen molar-refractivity contribution in [3.8, 4) is 0 Å². The Balaban J connectivity index is 1.66. The molecule has 0 saturated heterocycles. The number of amides is 3. The summed E-state index contributed by atoms with van der Waals surface area (Å²) < 4.78 is 0.